The molecular weight excluding hydrogens is 370 g/mol. The topological polar surface area (TPSA) is 110 Å². The molecule has 3 aromatic rings. The number of carbonyl (C=O) groups is 2. The van der Waals surface area contributed by atoms with Gasteiger partial charge in [0.1, 0.15) is 6.04 Å². The van der Waals surface area contributed by atoms with Crippen LogP contribution < -0.4 is 5.32 Å². The number of carboxylic acid groups (broad SMARTS) is 1. The van der Waals surface area contributed by atoms with Crippen LogP contribution in [0, 0.1) is 12.3 Å². The summed E-state index contributed by atoms with van der Waals surface area (Å²) in [5.41, 5.74) is 2.22. The molecule has 1 amide bonds. The lowest BCUT2D eigenvalue weighted by Gasteiger charge is -2.21. The van der Waals surface area contributed by atoms with Crippen LogP contribution in [0.5, 0.6) is 0 Å². The van der Waals surface area contributed by atoms with Gasteiger partial charge in [-0.3, -0.25) is 9.78 Å². The fourth-order valence-corrected chi connectivity index (χ4v) is 3.04. The Morgan fingerprint density at radius 2 is 2.00 bits per heavy atom. The minimum atomic E-state index is -1.06. The molecule has 0 aliphatic rings. The van der Waals surface area contributed by atoms with Crippen LogP contribution in [0.1, 0.15) is 49.8 Å². The molecule has 1 unspecified atom stereocenters. The molecule has 1 aromatic carbocycles. The van der Waals surface area contributed by atoms with E-state index in [2.05, 4.69) is 20.6 Å². The van der Waals surface area contributed by atoms with Crippen molar-refractivity contribution in [2.24, 2.45) is 5.41 Å². The van der Waals surface area contributed by atoms with E-state index in [1.807, 2.05) is 51.1 Å². The van der Waals surface area contributed by atoms with Crippen molar-refractivity contribution in [3.05, 3.63) is 47.9 Å². The fourth-order valence-electron chi connectivity index (χ4n) is 3.04. The minimum Gasteiger partial charge on any atom is -0.480 e. The van der Waals surface area contributed by atoms with Gasteiger partial charge in [-0.2, -0.15) is 0 Å². The molecule has 2 N–H and O–H groups in total. The Kier molecular flexibility index (Phi) is 5.63. The third-order valence-corrected chi connectivity index (χ3v) is 4.73. The van der Waals surface area contributed by atoms with Crippen LogP contribution in [0.15, 0.2) is 36.5 Å². The highest BCUT2D eigenvalue weighted by molar-refractivity contribution is 5.95. The van der Waals surface area contributed by atoms with Gasteiger partial charge in [-0.1, -0.05) is 32.1 Å². The Morgan fingerprint density at radius 1 is 1.24 bits per heavy atom. The molecular formula is C21H25N5O3. The second-order valence-corrected chi connectivity index (χ2v) is 8.28. The molecule has 29 heavy (non-hydrogen) atoms. The van der Waals surface area contributed by atoms with Gasteiger partial charge in [0, 0.05) is 11.6 Å². The first-order valence-corrected chi connectivity index (χ1v) is 9.47. The maximum absolute atomic E-state index is 12.7. The molecule has 0 fully saturated rings. The number of nitrogens with zero attached hydrogens (tertiary/aromatic N) is 4. The van der Waals surface area contributed by atoms with Gasteiger partial charge in [-0.05, 0) is 49.4 Å². The zero-order valence-corrected chi connectivity index (χ0v) is 17.0. The van der Waals surface area contributed by atoms with E-state index in [9.17, 15) is 14.7 Å². The molecule has 0 saturated heterocycles. The summed E-state index contributed by atoms with van der Waals surface area (Å²) in [6.07, 6.45) is 2.74. The number of aliphatic carboxylic acids is 1. The molecule has 8 nitrogen and oxygen atoms in total. The highest BCUT2D eigenvalue weighted by Gasteiger charge is 2.26. The minimum absolute atomic E-state index is 0.0254. The van der Waals surface area contributed by atoms with Crippen LogP contribution in [0.2, 0.25) is 0 Å². The van der Waals surface area contributed by atoms with Crippen molar-refractivity contribution >= 4 is 22.8 Å². The standard InChI is InChI=1S/C21H25N5O3/c1-13-18(19(27)23-17(20(28)29)9-10-21(2,3)4)24-25-26(13)15-7-8-16-14(12-15)6-5-11-22-16/h5-8,11-12,17H,9-10H2,1-4H3,(H,23,27)(H,28,29). The zero-order valence-electron chi connectivity index (χ0n) is 17.0. The van der Waals surface area contributed by atoms with Crippen molar-refractivity contribution in [3.63, 3.8) is 0 Å². The second kappa shape index (κ2) is 7.98. The smallest absolute Gasteiger partial charge is 0.326 e. The molecule has 2 heterocycles. The number of carboxylic acids is 1. The van der Waals surface area contributed by atoms with E-state index in [0.29, 0.717) is 18.5 Å². The highest BCUT2D eigenvalue weighted by Crippen LogP contribution is 2.22. The number of hydrogen-bond donors (Lipinski definition) is 2. The maximum atomic E-state index is 12.7. The van der Waals surface area contributed by atoms with E-state index in [1.54, 1.807) is 17.8 Å². The predicted molar refractivity (Wildman–Crippen MR) is 109 cm³/mol. The summed E-state index contributed by atoms with van der Waals surface area (Å²) in [5.74, 6) is -1.60. The van der Waals surface area contributed by atoms with Crippen molar-refractivity contribution in [1.29, 1.82) is 0 Å². The molecule has 152 valence electrons. The summed E-state index contributed by atoms with van der Waals surface area (Å²) in [4.78, 5) is 28.5. The molecule has 0 aliphatic carbocycles. The summed E-state index contributed by atoms with van der Waals surface area (Å²) in [6.45, 7) is 7.82. The number of aromatic nitrogens is 4. The van der Waals surface area contributed by atoms with Crippen molar-refractivity contribution in [2.75, 3.05) is 0 Å². The monoisotopic (exact) mass is 395 g/mol. The van der Waals surface area contributed by atoms with Gasteiger partial charge in [0.05, 0.1) is 16.9 Å². The number of carbonyl (C=O) groups excluding carboxylic acids is 1. The normalized spacial score (nSPS) is 12.7. The summed E-state index contributed by atoms with van der Waals surface area (Å²) < 4.78 is 1.56. The van der Waals surface area contributed by atoms with Gasteiger partial charge < -0.3 is 10.4 Å². The first kappa shape index (κ1) is 20.4. The van der Waals surface area contributed by atoms with E-state index in [0.717, 1.165) is 16.6 Å². The number of fused-ring (bicyclic) bond motifs is 1. The first-order valence-electron chi connectivity index (χ1n) is 9.47. The van der Waals surface area contributed by atoms with E-state index in [-0.39, 0.29) is 11.1 Å². The average molecular weight is 395 g/mol. The first-order chi connectivity index (χ1) is 13.7. The summed E-state index contributed by atoms with van der Waals surface area (Å²) in [6, 6.07) is 8.45. The average Bonchev–Trinajstić information content (AvgIpc) is 3.05. The maximum Gasteiger partial charge on any atom is 0.326 e. The van der Waals surface area contributed by atoms with E-state index in [1.165, 1.54) is 0 Å². The zero-order chi connectivity index (χ0) is 21.2. The number of amides is 1. The fraction of sp³-hybridized carbons (Fsp3) is 0.381. The van der Waals surface area contributed by atoms with Crippen molar-refractivity contribution in [1.82, 2.24) is 25.3 Å². The second-order valence-electron chi connectivity index (χ2n) is 8.28. The van der Waals surface area contributed by atoms with Crippen molar-refractivity contribution in [2.45, 2.75) is 46.6 Å². The predicted octanol–water partition coefficient (Wildman–Crippen LogP) is 3.13. The number of nitrogens with one attached hydrogen (secondary N) is 1. The van der Waals surface area contributed by atoms with Crippen LogP contribution in [-0.4, -0.2) is 43.0 Å². The third-order valence-electron chi connectivity index (χ3n) is 4.73. The number of pyridine rings is 1. The van der Waals surface area contributed by atoms with Gasteiger partial charge in [-0.25, -0.2) is 9.48 Å². The Hall–Kier alpha value is -3.29. The number of benzene rings is 1. The van der Waals surface area contributed by atoms with E-state index >= 15 is 0 Å². The Balaban J connectivity index is 1.81. The summed E-state index contributed by atoms with van der Waals surface area (Å²) >= 11 is 0. The van der Waals surface area contributed by atoms with Gasteiger partial charge >= 0.3 is 5.97 Å². The van der Waals surface area contributed by atoms with Crippen LogP contribution in [0.4, 0.5) is 0 Å². The van der Waals surface area contributed by atoms with E-state index in [4.69, 9.17) is 0 Å². The molecule has 0 spiro atoms. The van der Waals surface area contributed by atoms with Gasteiger partial charge in [-0.15, -0.1) is 5.10 Å². The van der Waals surface area contributed by atoms with Crippen LogP contribution in [0.3, 0.4) is 0 Å². The molecule has 1 atom stereocenters. The van der Waals surface area contributed by atoms with E-state index < -0.39 is 17.9 Å². The molecule has 0 bridgehead atoms. The molecule has 0 aliphatic heterocycles. The van der Waals surface area contributed by atoms with Gasteiger partial charge in [0.15, 0.2) is 5.69 Å². The van der Waals surface area contributed by atoms with Crippen LogP contribution in [-0.2, 0) is 4.79 Å². The molecule has 0 radical (unpaired) electrons. The SMILES string of the molecule is Cc1c(C(=O)NC(CCC(C)(C)C)C(=O)O)nnn1-c1ccc2ncccc2c1. The molecule has 3 rings (SSSR count). The summed E-state index contributed by atoms with van der Waals surface area (Å²) in [5, 5.41) is 21.1. The number of rotatable bonds is 6. The summed E-state index contributed by atoms with van der Waals surface area (Å²) in [7, 11) is 0. The lowest BCUT2D eigenvalue weighted by molar-refractivity contribution is -0.139. The Morgan fingerprint density at radius 3 is 2.69 bits per heavy atom. The van der Waals surface area contributed by atoms with Crippen LogP contribution in [0.25, 0.3) is 16.6 Å². The highest BCUT2D eigenvalue weighted by atomic mass is 16.4. The molecule has 2 aromatic heterocycles. The van der Waals surface area contributed by atoms with Crippen LogP contribution >= 0.6 is 0 Å². The lowest BCUT2D eigenvalue weighted by Crippen LogP contribution is -2.41. The lowest BCUT2D eigenvalue weighted by atomic mass is 9.88. The van der Waals surface area contributed by atoms with Crippen molar-refractivity contribution < 1.29 is 14.7 Å². The third kappa shape index (κ3) is 4.77. The van der Waals surface area contributed by atoms with Gasteiger partial charge in [0.2, 0.25) is 0 Å². The Bertz CT molecular complexity index is 1050. The Labute approximate surface area is 169 Å². The van der Waals surface area contributed by atoms with Gasteiger partial charge in [0.25, 0.3) is 5.91 Å². The molecule has 0 saturated carbocycles. The molecule has 8 heteroatoms. The largest absolute Gasteiger partial charge is 0.480 e. The number of hydrogen-bond acceptors (Lipinski definition) is 5. The quantitative estimate of drug-likeness (QED) is 0.663. The van der Waals surface area contributed by atoms with Crippen molar-refractivity contribution in [3.8, 4) is 5.69 Å².